The van der Waals surface area contributed by atoms with Crippen molar-refractivity contribution < 1.29 is 4.79 Å². The van der Waals surface area contributed by atoms with Crippen LogP contribution in [0.2, 0.25) is 0 Å². The van der Waals surface area contributed by atoms with Crippen LogP contribution in [0, 0.1) is 18.3 Å². The van der Waals surface area contributed by atoms with Crippen LogP contribution in [-0.2, 0) is 0 Å². The van der Waals surface area contributed by atoms with Crippen LogP contribution in [0.3, 0.4) is 0 Å². The van der Waals surface area contributed by atoms with E-state index in [1.807, 2.05) is 13.0 Å². The minimum atomic E-state index is -0.0365. The van der Waals surface area contributed by atoms with Crippen molar-refractivity contribution in [1.29, 1.82) is 0 Å². The van der Waals surface area contributed by atoms with Gasteiger partial charge in [0.25, 0.3) is 5.91 Å². The molecule has 1 aliphatic carbocycles. The SMILES string of the molecule is C=C1CCC(C(C)(C)C)C/C1=C/c1[nH]c(C(=O)NCCCCCN)cc1C. The van der Waals surface area contributed by atoms with Gasteiger partial charge in [0, 0.05) is 12.2 Å². The van der Waals surface area contributed by atoms with Gasteiger partial charge in [-0.1, -0.05) is 39.3 Å². The Labute approximate surface area is 164 Å². The maximum atomic E-state index is 12.4. The summed E-state index contributed by atoms with van der Waals surface area (Å²) in [5.74, 6) is 0.631. The molecular formula is C23H37N3O. The molecule has 0 aromatic carbocycles. The molecule has 0 saturated heterocycles. The molecule has 0 bridgehead atoms. The molecule has 4 heteroatoms. The smallest absolute Gasteiger partial charge is 0.267 e. The lowest BCUT2D eigenvalue weighted by Gasteiger charge is -2.36. The van der Waals surface area contributed by atoms with E-state index in [1.54, 1.807) is 0 Å². The molecule has 2 rings (SSSR count). The minimum Gasteiger partial charge on any atom is -0.351 e. The summed E-state index contributed by atoms with van der Waals surface area (Å²) in [4.78, 5) is 15.7. The lowest BCUT2D eigenvalue weighted by atomic mass is 9.69. The van der Waals surface area contributed by atoms with Crippen molar-refractivity contribution in [3.63, 3.8) is 0 Å². The first-order chi connectivity index (χ1) is 12.7. The maximum Gasteiger partial charge on any atom is 0.267 e. The van der Waals surface area contributed by atoms with Crippen LogP contribution < -0.4 is 11.1 Å². The minimum absolute atomic E-state index is 0.0365. The molecule has 1 aliphatic rings. The second kappa shape index (κ2) is 9.41. The second-order valence-corrected chi connectivity index (χ2v) is 8.96. The normalized spacial score (nSPS) is 19.5. The van der Waals surface area contributed by atoms with E-state index in [0.29, 0.717) is 30.1 Å². The van der Waals surface area contributed by atoms with Gasteiger partial charge in [-0.15, -0.1) is 0 Å². The van der Waals surface area contributed by atoms with Crippen LogP contribution in [0.4, 0.5) is 0 Å². The predicted molar refractivity (Wildman–Crippen MR) is 115 cm³/mol. The summed E-state index contributed by atoms with van der Waals surface area (Å²) in [7, 11) is 0. The largest absolute Gasteiger partial charge is 0.351 e. The Kier molecular flexibility index (Phi) is 7.49. The third-order valence-electron chi connectivity index (χ3n) is 5.72. The van der Waals surface area contributed by atoms with Crippen LogP contribution >= 0.6 is 0 Å². The van der Waals surface area contributed by atoms with Crippen molar-refractivity contribution in [2.24, 2.45) is 17.1 Å². The zero-order chi connectivity index (χ0) is 20.0. The molecule has 1 fully saturated rings. The highest BCUT2D eigenvalue weighted by Gasteiger charge is 2.29. The molecule has 1 saturated carbocycles. The number of allylic oxidation sites excluding steroid dienone is 2. The predicted octanol–water partition coefficient (Wildman–Crippen LogP) is 4.97. The number of aryl methyl sites for hydroxylation is 1. The van der Waals surface area contributed by atoms with Crippen molar-refractivity contribution in [2.75, 3.05) is 13.1 Å². The topological polar surface area (TPSA) is 70.9 Å². The van der Waals surface area contributed by atoms with Gasteiger partial charge < -0.3 is 16.0 Å². The number of carbonyl (C=O) groups is 1. The molecule has 0 aliphatic heterocycles. The van der Waals surface area contributed by atoms with Gasteiger partial charge in [0.1, 0.15) is 5.69 Å². The summed E-state index contributed by atoms with van der Waals surface area (Å²) in [6, 6.07) is 1.94. The van der Waals surface area contributed by atoms with Gasteiger partial charge in [-0.05, 0) is 80.2 Å². The molecule has 1 amide bonds. The average Bonchev–Trinajstić information content (AvgIpc) is 2.96. The number of nitrogens with one attached hydrogen (secondary N) is 2. The van der Waals surface area contributed by atoms with Crippen LogP contribution in [0.15, 0.2) is 23.8 Å². The van der Waals surface area contributed by atoms with Gasteiger partial charge in [-0.2, -0.15) is 0 Å². The lowest BCUT2D eigenvalue weighted by molar-refractivity contribution is 0.0948. The fourth-order valence-electron chi connectivity index (χ4n) is 3.68. The molecule has 0 radical (unpaired) electrons. The number of hydrogen-bond donors (Lipinski definition) is 3. The van der Waals surface area contributed by atoms with Crippen molar-refractivity contribution in [3.8, 4) is 0 Å². The van der Waals surface area contributed by atoms with Crippen LogP contribution in [0.1, 0.15) is 81.0 Å². The number of aromatic nitrogens is 1. The summed E-state index contributed by atoms with van der Waals surface area (Å²) >= 11 is 0. The molecular weight excluding hydrogens is 334 g/mol. The number of nitrogens with two attached hydrogens (primary N) is 1. The first-order valence-electron chi connectivity index (χ1n) is 10.3. The molecule has 1 atom stereocenters. The third kappa shape index (κ3) is 6.10. The van der Waals surface area contributed by atoms with E-state index < -0.39 is 0 Å². The highest BCUT2D eigenvalue weighted by atomic mass is 16.1. The fraction of sp³-hybridized carbons (Fsp3) is 0.609. The van der Waals surface area contributed by atoms with E-state index in [9.17, 15) is 4.79 Å². The van der Waals surface area contributed by atoms with E-state index in [2.05, 4.69) is 43.7 Å². The Bertz CT molecular complexity index is 691. The molecule has 150 valence electrons. The van der Waals surface area contributed by atoms with Gasteiger partial charge in [-0.3, -0.25) is 4.79 Å². The van der Waals surface area contributed by atoms with Crippen molar-refractivity contribution in [3.05, 3.63) is 40.7 Å². The van der Waals surface area contributed by atoms with Gasteiger partial charge in [0.05, 0.1) is 0 Å². The van der Waals surface area contributed by atoms with E-state index in [-0.39, 0.29) is 5.91 Å². The van der Waals surface area contributed by atoms with Gasteiger partial charge >= 0.3 is 0 Å². The highest BCUT2D eigenvalue weighted by Crippen LogP contribution is 2.42. The van der Waals surface area contributed by atoms with Gasteiger partial charge in [0.15, 0.2) is 0 Å². The number of carbonyl (C=O) groups excluding carboxylic acids is 1. The van der Waals surface area contributed by atoms with E-state index in [4.69, 9.17) is 5.73 Å². The first-order valence-corrected chi connectivity index (χ1v) is 10.3. The molecule has 1 unspecified atom stereocenters. The second-order valence-electron chi connectivity index (χ2n) is 8.96. The number of H-pyrrole nitrogens is 1. The molecule has 27 heavy (non-hydrogen) atoms. The zero-order valence-electron chi connectivity index (χ0n) is 17.6. The number of aromatic amines is 1. The van der Waals surface area contributed by atoms with Crippen molar-refractivity contribution in [2.45, 2.75) is 66.2 Å². The monoisotopic (exact) mass is 371 g/mol. The summed E-state index contributed by atoms with van der Waals surface area (Å²) < 4.78 is 0. The van der Waals surface area contributed by atoms with E-state index in [1.165, 1.54) is 17.6 Å². The molecule has 1 heterocycles. The van der Waals surface area contributed by atoms with E-state index >= 15 is 0 Å². The van der Waals surface area contributed by atoms with Crippen LogP contribution in [0.25, 0.3) is 6.08 Å². The first kappa shape index (κ1) is 21.5. The quantitative estimate of drug-likeness (QED) is 0.592. The summed E-state index contributed by atoms with van der Waals surface area (Å²) in [5, 5.41) is 2.99. The summed E-state index contributed by atoms with van der Waals surface area (Å²) in [5.41, 5.74) is 11.1. The Balaban J connectivity index is 2.05. The summed E-state index contributed by atoms with van der Waals surface area (Å²) in [6.07, 6.45) is 8.55. The Morgan fingerprint density at radius 1 is 1.37 bits per heavy atom. The van der Waals surface area contributed by atoms with E-state index in [0.717, 1.165) is 43.4 Å². The number of amides is 1. The molecule has 4 N–H and O–H groups in total. The van der Waals surface area contributed by atoms with Gasteiger partial charge in [-0.25, -0.2) is 0 Å². The highest BCUT2D eigenvalue weighted by molar-refractivity contribution is 5.93. The van der Waals surface area contributed by atoms with Crippen molar-refractivity contribution in [1.82, 2.24) is 10.3 Å². The fourth-order valence-corrected chi connectivity index (χ4v) is 3.68. The van der Waals surface area contributed by atoms with Crippen LogP contribution in [0.5, 0.6) is 0 Å². The Morgan fingerprint density at radius 3 is 2.78 bits per heavy atom. The number of unbranched alkanes of at least 4 members (excludes halogenated alkanes) is 2. The molecule has 0 spiro atoms. The molecule has 4 nitrogen and oxygen atoms in total. The third-order valence-corrected chi connectivity index (χ3v) is 5.72. The summed E-state index contributed by atoms with van der Waals surface area (Å²) in [6.45, 7) is 14.7. The number of hydrogen-bond acceptors (Lipinski definition) is 2. The number of rotatable bonds is 7. The average molecular weight is 372 g/mol. The van der Waals surface area contributed by atoms with Crippen LogP contribution in [-0.4, -0.2) is 24.0 Å². The molecule has 1 aromatic rings. The Hall–Kier alpha value is -1.81. The lowest BCUT2D eigenvalue weighted by Crippen LogP contribution is -2.25. The Morgan fingerprint density at radius 2 is 2.11 bits per heavy atom. The zero-order valence-corrected chi connectivity index (χ0v) is 17.6. The van der Waals surface area contributed by atoms with Gasteiger partial charge in [0.2, 0.25) is 0 Å². The van der Waals surface area contributed by atoms with Crippen molar-refractivity contribution >= 4 is 12.0 Å². The molecule has 1 aromatic heterocycles. The maximum absolute atomic E-state index is 12.4. The standard InChI is InChI=1S/C23H37N3O/c1-16-9-10-19(23(3,4)5)14-18(16)15-20-17(2)13-21(26-20)22(27)25-12-8-6-7-11-24/h13,15,19,26H,1,6-12,14,24H2,2-5H3,(H,25,27)/b18-15-.